The number of rotatable bonds is 32. The molecule has 1 aliphatic rings. The number of hydrogen-bond acceptors (Lipinski definition) is 9. The molecule has 8 atom stereocenters. The van der Waals surface area contributed by atoms with E-state index >= 15 is 0 Å². The minimum Gasteiger partial charge on any atom is -0.394 e. The Morgan fingerprint density at radius 3 is 1.74 bits per heavy atom. The van der Waals surface area contributed by atoms with Crippen LogP contribution in [0.3, 0.4) is 0 Å². The van der Waals surface area contributed by atoms with Crippen molar-refractivity contribution < 1.29 is 44.9 Å². The standard InChI is InChI=1S/C40H77NO9/c1-4-5-6-7-8-9-10-11-12-15-19-22-25-28-34(44)39(48)41-32(30-49-40-38(47)37(46)36(45)35(29-42)50-40)33(43)27-24-21-18-16-13-14-17-20-23-26-31(2)3/h24,27,31-38,40,42-47H,4-23,25-26,28-30H2,1-3H3,(H,41,48)/b27-24+/t32-,33+,34?,35+,36+,37-,38+,40+/m0/s1. The predicted molar refractivity (Wildman–Crippen MR) is 200 cm³/mol. The molecule has 1 heterocycles. The summed E-state index contributed by atoms with van der Waals surface area (Å²) >= 11 is 0. The lowest BCUT2D eigenvalue weighted by molar-refractivity contribution is -0.302. The summed E-state index contributed by atoms with van der Waals surface area (Å²) in [6, 6.07) is -0.974. The molecule has 7 N–H and O–H groups in total. The maximum Gasteiger partial charge on any atom is 0.249 e. The molecule has 1 aliphatic heterocycles. The molecule has 10 nitrogen and oxygen atoms in total. The molecule has 0 saturated carbocycles. The van der Waals surface area contributed by atoms with Gasteiger partial charge < -0.3 is 45.4 Å². The molecule has 0 aliphatic carbocycles. The van der Waals surface area contributed by atoms with Crippen LogP contribution in [0.15, 0.2) is 12.2 Å². The number of nitrogens with one attached hydrogen (secondary N) is 1. The zero-order valence-electron chi connectivity index (χ0n) is 31.9. The summed E-state index contributed by atoms with van der Waals surface area (Å²) in [6.07, 6.45) is 20.2. The highest BCUT2D eigenvalue weighted by molar-refractivity contribution is 5.80. The third-order valence-electron chi connectivity index (χ3n) is 9.90. The summed E-state index contributed by atoms with van der Waals surface area (Å²) in [7, 11) is 0. The Labute approximate surface area is 304 Å². The largest absolute Gasteiger partial charge is 0.394 e. The van der Waals surface area contributed by atoms with Crippen LogP contribution in [0.1, 0.15) is 168 Å². The minimum atomic E-state index is -1.61. The zero-order chi connectivity index (χ0) is 37.0. The van der Waals surface area contributed by atoms with Crippen LogP contribution >= 0.6 is 0 Å². The van der Waals surface area contributed by atoms with Crippen molar-refractivity contribution in [2.45, 2.75) is 217 Å². The quantitative estimate of drug-likeness (QED) is 0.0316. The van der Waals surface area contributed by atoms with Crippen LogP contribution in [-0.4, -0.2) is 98.7 Å². The van der Waals surface area contributed by atoms with Gasteiger partial charge in [0.25, 0.3) is 0 Å². The molecule has 1 unspecified atom stereocenters. The monoisotopic (exact) mass is 716 g/mol. The highest BCUT2D eigenvalue weighted by atomic mass is 16.7. The summed E-state index contributed by atoms with van der Waals surface area (Å²) in [5, 5.41) is 64.3. The average molecular weight is 716 g/mol. The van der Waals surface area contributed by atoms with Gasteiger partial charge >= 0.3 is 0 Å². The van der Waals surface area contributed by atoms with E-state index in [4.69, 9.17) is 9.47 Å². The summed E-state index contributed by atoms with van der Waals surface area (Å²) in [4.78, 5) is 13.0. The van der Waals surface area contributed by atoms with Crippen molar-refractivity contribution in [1.29, 1.82) is 0 Å². The number of ether oxygens (including phenoxy) is 2. The van der Waals surface area contributed by atoms with Gasteiger partial charge in [-0.2, -0.15) is 0 Å². The van der Waals surface area contributed by atoms with E-state index in [0.717, 1.165) is 50.9 Å². The molecule has 1 rings (SSSR count). The van der Waals surface area contributed by atoms with Crippen LogP contribution in [0.4, 0.5) is 0 Å². The van der Waals surface area contributed by atoms with Gasteiger partial charge in [0.15, 0.2) is 6.29 Å². The van der Waals surface area contributed by atoms with Crippen molar-refractivity contribution in [3.63, 3.8) is 0 Å². The number of allylic oxidation sites excluding steroid dienone is 1. The number of hydrogen-bond donors (Lipinski definition) is 7. The first-order valence-electron chi connectivity index (χ1n) is 20.4. The van der Waals surface area contributed by atoms with Crippen molar-refractivity contribution in [2.24, 2.45) is 5.92 Å². The van der Waals surface area contributed by atoms with Crippen molar-refractivity contribution in [2.75, 3.05) is 13.2 Å². The van der Waals surface area contributed by atoms with Crippen molar-refractivity contribution >= 4 is 5.91 Å². The first-order valence-corrected chi connectivity index (χ1v) is 20.4. The number of unbranched alkanes of at least 4 members (excludes halogenated alkanes) is 19. The van der Waals surface area contributed by atoms with Gasteiger partial charge in [0.05, 0.1) is 25.4 Å². The number of carbonyl (C=O) groups excluding carboxylic acids is 1. The fourth-order valence-corrected chi connectivity index (χ4v) is 6.46. The highest BCUT2D eigenvalue weighted by Gasteiger charge is 2.44. The predicted octanol–water partition coefficient (Wildman–Crippen LogP) is 6.21. The van der Waals surface area contributed by atoms with E-state index in [2.05, 4.69) is 26.1 Å². The molecule has 10 heteroatoms. The summed E-state index contributed by atoms with van der Waals surface area (Å²) in [6.45, 7) is 5.87. The van der Waals surface area contributed by atoms with Crippen LogP contribution < -0.4 is 5.32 Å². The Kier molecular flexibility index (Phi) is 28.5. The highest BCUT2D eigenvalue weighted by Crippen LogP contribution is 2.22. The van der Waals surface area contributed by atoms with E-state index < -0.39 is 61.5 Å². The first kappa shape index (κ1) is 46.9. The zero-order valence-corrected chi connectivity index (χ0v) is 31.9. The molecule has 0 aromatic carbocycles. The smallest absolute Gasteiger partial charge is 0.249 e. The van der Waals surface area contributed by atoms with Crippen LogP contribution in [0.5, 0.6) is 0 Å². The summed E-state index contributed by atoms with van der Waals surface area (Å²) in [5.41, 5.74) is 0. The normalized spacial score (nSPS) is 23.0. The topological polar surface area (TPSA) is 169 Å². The molecular weight excluding hydrogens is 638 g/mol. The number of carbonyl (C=O) groups is 1. The van der Waals surface area contributed by atoms with E-state index in [1.54, 1.807) is 6.08 Å². The molecule has 50 heavy (non-hydrogen) atoms. The van der Waals surface area contributed by atoms with Crippen LogP contribution in [0, 0.1) is 5.92 Å². The second-order valence-corrected chi connectivity index (χ2v) is 15.1. The van der Waals surface area contributed by atoms with Crippen molar-refractivity contribution in [3.8, 4) is 0 Å². The summed E-state index contributed by atoms with van der Waals surface area (Å²) < 4.78 is 11.1. The summed E-state index contributed by atoms with van der Waals surface area (Å²) in [5.74, 6) is 0.149. The van der Waals surface area contributed by atoms with Crippen LogP contribution in [-0.2, 0) is 14.3 Å². The Morgan fingerprint density at radius 1 is 0.720 bits per heavy atom. The van der Waals surface area contributed by atoms with E-state index in [0.29, 0.717) is 6.42 Å². The molecule has 0 aromatic heterocycles. The lowest BCUT2D eigenvalue weighted by Crippen LogP contribution is -2.60. The third-order valence-corrected chi connectivity index (χ3v) is 9.90. The van der Waals surface area contributed by atoms with Crippen molar-refractivity contribution in [3.05, 3.63) is 12.2 Å². The molecule has 1 amide bonds. The Morgan fingerprint density at radius 2 is 1.22 bits per heavy atom. The number of aliphatic hydroxyl groups is 6. The van der Waals surface area contributed by atoms with Crippen LogP contribution in [0.2, 0.25) is 0 Å². The van der Waals surface area contributed by atoms with Crippen LogP contribution in [0.25, 0.3) is 0 Å². The average Bonchev–Trinajstić information content (AvgIpc) is 3.10. The van der Waals surface area contributed by atoms with Crippen molar-refractivity contribution in [1.82, 2.24) is 5.32 Å². The lowest BCUT2D eigenvalue weighted by atomic mass is 9.99. The second-order valence-electron chi connectivity index (χ2n) is 15.1. The molecule has 0 spiro atoms. The maximum absolute atomic E-state index is 13.0. The van der Waals surface area contributed by atoms with Gasteiger partial charge in [0.1, 0.15) is 30.5 Å². The fourth-order valence-electron chi connectivity index (χ4n) is 6.46. The van der Waals surface area contributed by atoms with Gasteiger partial charge in [-0.05, 0) is 25.2 Å². The van der Waals surface area contributed by atoms with E-state index in [-0.39, 0.29) is 6.61 Å². The van der Waals surface area contributed by atoms with E-state index in [1.165, 1.54) is 96.3 Å². The number of aliphatic hydroxyl groups excluding tert-OH is 6. The molecule has 0 bridgehead atoms. The Balaban J connectivity index is 2.50. The van der Waals surface area contributed by atoms with E-state index in [1.807, 2.05) is 6.08 Å². The Bertz CT molecular complexity index is 827. The van der Waals surface area contributed by atoms with Gasteiger partial charge in [-0.1, -0.05) is 161 Å². The van der Waals surface area contributed by atoms with Gasteiger partial charge in [0.2, 0.25) is 5.91 Å². The third kappa shape index (κ3) is 22.1. The fraction of sp³-hybridized carbons (Fsp3) is 0.925. The number of amides is 1. The Hall–Kier alpha value is -1.11. The lowest BCUT2D eigenvalue weighted by Gasteiger charge is -2.40. The minimum absolute atomic E-state index is 0.303. The molecular formula is C40H77NO9. The second kappa shape index (κ2) is 30.4. The van der Waals surface area contributed by atoms with E-state index in [9.17, 15) is 35.4 Å². The molecule has 296 valence electrons. The maximum atomic E-state index is 13.0. The molecule has 1 fully saturated rings. The molecule has 0 radical (unpaired) electrons. The first-order chi connectivity index (χ1) is 24.1. The SMILES string of the molecule is CCCCCCCCCCCCCCCC(O)C(=O)N[C@@H](CO[C@@H]1O[C@H](CO)[C@@H](O)[C@H](O)[C@H]1O)[C@H](O)/C=C/CCCCCCCCCC(C)C. The molecule has 0 aromatic rings. The van der Waals surface area contributed by atoms with Gasteiger partial charge in [0, 0.05) is 0 Å². The van der Waals surface area contributed by atoms with Gasteiger partial charge in [-0.3, -0.25) is 4.79 Å². The van der Waals surface area contributed by atoms with Gasteiger partial charge in [-0.25, -0.2) is 0 Å². The molecule has 1 saturated heterocycles. The van der Waals surface area contributed by atoms with Gasteiger partial charge in [-0.15, -0.1) is 0 Å².